The minimum atomic E-state index is -0.237. The van der Waals surface area contributed by atoms with Crippen molar-refractivity contribution in [2.24, 2.45) is 10.9 Å². The van der Waals surface area contributed by atoms with E-state index in [4.69, 9.17) is 9.47 Å². The lowest BCUT2D eigenvalue weighted by molar-refractivity contribution is 0.395. The highest BCUT2D eigenvalue weighted by molar-refractivity contribution is 5.98. The minimum Gasteiger partial charge on any atom is -0.506 e. The second kappa shape index (κ2) is 8.46. The Morgan fingerprint density at radius 1 is 1.26 bits per heavy atom. The number of hydrogen-bond donors (Lipinski definition) is 1. The molecule has 0 amide bonds. The number of methoxy groups -OCH3 is 2. The summed E-state index contributed by atoms with van der Waals surface area (Å²) in [5.41, 5.74) is 0.588. The monoisotopic (exact) mass is 372 g/mol. The van der Waals surface area contributed by atoms with Crippen LogP contribution in [0.4, 0.5) is 0 Å². The molecule has 1 aliphatic rings. The highest BCUT2D eigenvalue weighted by Gasteiger charge is 2.22. The van der Waals surface area contributed by atoms with Crippen molar-refractivity contribution in [3.63, 3.8) is 0 Å². The zero-order chi connectivity index (χ0) is 19.4. The molecule has 0 unspecified atom stereocenters. The molecule has 1 saturated carbocycles. The molecule has 0 spiro atoms. The van der Waals surface area contributed by atoms with E-state index in [0.29, 0.717) is 41.4 Å². The number of aliphatic imine (C=N–C) groups is 1. The first-order valence-corrected chi connectivity index (χ1v) is 9.62. The molecule has 0 radical (unpaired) electrons. The summed E-state index contributed by atoms with van der Waals surface area (Å²) in [4.78, 5) is 17.5. The van der Waals surface area contributed by atoms with Crippen LogP contribution in [0.2, 0.25) is 0 Å². The van der Waals surface area contributed by atoms with Gasteiger partial charge in [0.05, 0.1) is 19.7 Å². The van der Waals surface area contributed by atoms with Crippen LogP contribution >= 0.6 is 0 Å². The van der Waals surface area contributed by atoms with Gasteiger partial charge in [-0.2, -0.15) is 0 Å². The number of unbranched alkanes of at least 4 members (excludes halogenated alkanes) is 2. The topological polar surface area (TPSA) is 73.1 Å². The Kier molecular flexibility index (Phi) is 6.04. The summed E-state index contributed by atoms with van der Waals surface area (Å²) in [6.45, 7) is 3.39. The second-order valence-electron chi connectivity index (χ2n) is 7.09. The van der Waals surface area contributed by atoms with Gasteiger partial charge in [-0.15, -0.1) is 0 Å². The number of rotatable bonds is 9. The molecular weight excluding hydrogens is 344 g/mol. The average molecular weight is 372 g/mol. The molecule has 0 aliphatic heterocycles. The third-order valence-electron chi connectivity index (χ3n) is 5.03. The van der Waals surface area contributed by atoms with E-state index in [1.807, 2.05) is 0 Å². The van der Waals surface area contributed by atoms with Crippen LogP contribution in [0.15, 0.2) is 21.9 Å². The molecule has 6 heteroatoms. The smallest absolute Gasteiger partial charge is 0.263 e. The van der Waals surface area contributed by atoms with Gasteiger partial charge in [-0.1, -0.05) is 19.8 Å². The van der Waals surface area contributed by atoms with Gasteiger partial charge in [0, 0.05) is 30.8 Å². The molecular formula is C21H28N2O4. The van der Waals surface area contributed by atoms with E-state index < -0.39 is 0 Å². The molecule has 2 aromatic rings. The molecule has 1 aromatic carbocycles. The van der Waals surface area contributed by atoms with Crippen LogP contribution < -0.4 is 15.0 Å². The lowest BCUT2D eigenvalue weighted by atomic mass is 10.1. The van der Waals surface area contributed by atoms with Crippen molar-refractivity contribution in [3.8, 4) is 17.2 Å². The normalized spacial score (nSPS) is 14.2. The number of ether oxygens (including phenoxy) is 2. The van der Waals surface area contributed by atoms with Gasteiger partial charge in [-0.25, -0.2) is 0 Å². The van der Waals surface area contributed by atoms with Crippen LogP contribution in [-0.4, -0.2) is 36.7 Å². The lowest BCUT2D eigenvalue weighted by Crippen LogP contribution is -2.25. The summed E-state index contributed by atoms with van der Waals surface area (Å²) in [5, 5.41) is 11.4. The van der Waals surface area contributed by atoms with E-state index in [-0.39, 0.29) is 16.9 Å². The minimum absolute atomic E-state index is 0.0708. The fourth-order valence-electron chi connectivity index (χ4n) is 3.25. The molecule has 3 rings (SSSR count). The van der Waals surface area contributed by atoms with Gasteiger partial charge in [-0.3, -0.25) is 9.79 Å². The van der Waals surface area contributed by atoms with Gasteiger partial charge in [0.25, 0.3) is 5.56 Å². The number of fused-ring (bicyclic) bond motifs is 1. The van der Waals surface area contributed by atoms with Crippen molar-refractivity contribution in [3.05, 3.63) is 28.0 Å². The highest BCUT2D eigenvalue weighted by Crippen LogP contribution is 2.36. The van der Waals surface area contributed by atoms with Crippen molar-refractivity contribution in [1.29, 1.82) is 0 Å². The number of pyridine rings is 1. The molecule has 27 heavy (non-hydrogen) atoms. The summed E-state index contributed by atoms with van der Waals surface area (Å²) in [6, 6.07) is 3.47. The Bertz CT molecular complexity index is 897. The van der Waals surface area contributed by atoms with E-state index in [1.165, 1.54) is 19.1 Å². The average Bonchev–Trinajstić information content (AvgIpc) is 3.50. The number of hydrogen-bond acceptors (Lipinski definition) is 5. The summed E-state index contributed by atoms with van der Waals surface area (Å²) >= 11 is 0. The van der Waals surface area contributed by atoms with Gasteiger partial charge >= 0.3 is 0 Å². The van der Waals surface area contributed by atoms with Gasteiger partial charge in [0.2, 0.25) is 0 Å². The number of nitrogens with zero attached hydrogens (tertiary/aromatic N) is 2. The van der Waals surface area contributed by atoms with Gasteiger partial charge in [0.1, 0.15) is 22.8 Å². The third kappa shape index (κ3) is 4.10. The van der Waals surface area contributed by atoms with Crippen LogP contribution in [0, 0.1) is 5.92 Å². The quantitative estimate of drug-likeness (QED) is 0.537. The van der Waals surface area contributed by atoms with Crippen molar-refractivity contribution in [1.82, 2.24) is 4.57 Å². The Hall–Kier alpha value is -2.50. The molecule has 6 nitrogen and oxygen atoms in total. The van der Waals surface area contributed by atoms with Crippen LogP contribution in [0.25, 0.3) is 10.9 Å². The Morgan fingerprint density at radius 2 is 2.04 bits per heavy atom. The van der Waals surface area contributed by atoms with E-state index >= 15 is 0 Å². The predicted octanol–water partition coefficient (Wildman–Crippen LogP) is 3.74. The lowest BCUT2D eigenvalue weighted by Gasteiger charge is -2.17. The Morgan fingerprint density at radius 3 is 2.67 bits per heavy atom. The van der Waals surface area contributed by atoms with Crippen molar-refractivity contribution >= 4 is 17.1 Å². The second-order valence-corrected chi connectivity index (χ2v) is 7.09. The highest BCUT2D eigenvalue weighted by atomic mass is 16.5. The van der Waals surface area contributed by atoms with Crippen molar-refractivity contribution < 1.29 is 14.6 Å². The first-order valence-electron chi connectivity index (χ1n) is 9.62. The molecule has 0 bridgehead atoms. The van der Waals surface area contributed by atoms with E-state index in [9.17, 15) is 9.90 Å². The maximum absolute atomic E-state index is 13.1. The van der Waals surface area contributed by atoms with Crippen LogP contribution in [-0.2, 0) is 6.54 Å². The fourth-order valence-corrected chi connectivity index (χ4v) is 3.25. The molecule has 1 aliphatic carbocycles. The van der Waals surface area contributed by atoms with Crippen molar-refractivity contribution in [2.45, 2.75) is 45.6 Å². The number of aryl methyl sites for hydroxylation is 1. The third-order valence-corrected chi connectivity index (χ3v) is 5.03. The SMILES string of the molecule is CCCCCn1c(=O)c(C=NCC2CC2)c(O)c2cc(OC)cc(OC)c21. The van der Waals surface area contributed by atoms with E-state index in [0.717, 1.165) is 19.3 Å². The van der Waals surface area contributed by atoms with E-state index in [1.54, 1.807) is 30.9 Å². The summed E-state index contributed by atoms with van der Waals surface area (Å²) < 4.78 is 12.5. The Balaban J connectivity index is 2.19. The number of aromatic nitrogens is 1. The van der Waals surface area contributed by atoms with Crippen LogP contribution in [0.5, 0.6) is 17.2 Å². The standard InChI is InChI=1S/C21H28N2O4/c1-4-5-6-9-23-19-16(10-15(26-2)11-18(19)27-3)20(24)17(21(23)25)13-22-12-14-7-8-14/h10-11,13-14,24H,4-9,12H2,1-3H3. The zero-order valence-corrected chi connectivity index (χ0v) is 16.3. The van der Waals surface area contributed by atoms with Gasteiger partial charge < -0.3 is 19.1 Å². The zero-order valence-electron chi connectivity index (χ0n) is 16.3. The van der Waals surface area contributed by atoms with Gasteiger partial charge in [0.15, 0.2) is 0 Å². The maximum atomic E-state index is 13.1. The first kappa shape index (κ1) is 19.3. The van der Waals surface area contributed by atoms with E-state index in [2.05, 4.69) is 11.9 Å². The Labute approximate surface area is 159 Å². The largest absolute Gasteiger partial charge is 0.506 e. The number of benzene rings is 1. The van der Waals surface area contributed by atoms with Gasteiger partial charge in [-0.05, 0) is 31.2 Å². The molecule has 1 N–H and O–H groups in total. The molecule has 0 saturated heterocycles. The maximum Gasteiger partial charge on any atom is 0.263 e. The predicted molar refractivity (Wildman–Crippen MR) is 108 cm³/mol. The molecule has 0 atom stereocenters. The molecule has 1 aromatic heterocycles. The number of aromatic hydroxyl groups is 1. The first-order chi connectivity index (χ1) is 13.1. The summed E-state index contributed by atoms with van der Waals surface area (Å²) in [6.07, 6.45) is 6.87. The molecule has 1 heterocycles. The van der Waals surface area contributed by atoms with Crippen LogP contribution in [0.3, 0.4) is 0 Å². The summed E-state index contributed by atoms with van der Waals surface area (Å²) in [7, 11) is 3.12. The summed E-state index contributed by atoms with van der Waals surface area (Å²) in [5.74, 6) is 1.62. The van der Waals surface area contributed by atoms with Crippen molar-refractivity contribution in [2.75, 3.05) is 20.8 Å². The van der Waals surface area contributed by atoms with Crippen LogP contribution in [0.1, 0.15) is 44.6 Å². The molecule has 146 valence electrons. The molecule has 1 fully saturated rings. The fraction of sp³-hybridized carbons (Fsp3) is 0.524.